The van der Waals surface area contributed by atoms with Crippen LogP contribution in [0.4, 0.5) is 33.2 Å². The number of para-hydroxylation sites is 1. The van der Waals surface area contributed by atoms with Crippen molar-refractivity contribution in [2.75, 3.05) is 23.1 Å². The third-order valence-electron chi connectivity index (χ3n) is 4.96. The van der Waals surface area contributed by atoms with Gasteiger partial charge in [0, 0.05) is 16.8 Å². The molecule has 34 heavy (non-hydrogen) atoms. The Kier molecular flexibility index (Phi) is 6.02. The molecule has 0 saturated carbocycles. The Morgan fingerprint density at radius 1 is 0.912 bits per heavy atom. The molecular weight excluding hydrogens is 437 g/mol. The maximum absolute atomic E-state index is 14.4. The number of anilines is 5. The molecule has 0 aliphatic carbocycles. The van der Waals surface area contributed by atoms with Gasteiger partial charge in [-0.15, -0.1) is 0 Å². The Bertz CT molecular complexity index is 1400. The molecule has 0 spiro atoms. The normalized spacial score (nSPS) is 11.3. The highest BCUT2D eigenvalue weighted by atomic mass is 19.1. The zero-order valence-electron chi connectivity index (χ0n) is 19.2. The summed E-state index contributed by atoms with van der Waals surface area (Å²) in [6.45, 7) is 5.54. The second-order valence-electron chi connectivity index (χ2n) is 8.70. The summed E-state index contributed by atoms with van der Waals surface area (Å²) in [5.41, 5.74) is 0.845. The zero-order valence-corrected chi connectivity index (χ0v) is 19.2. The van der Waals surface area contributed by atoms with Crippen LogP contribution in [-0.4, -0.2) is 22.6 Å². The van der Waals surface area contributed by atoms with Crippen LogP contribution in [-0.2, 0) is 0 Å². The minimum absolute atomic E-state index is 0.0235. The Hall–Kier alpha value is -4.27. The van der Waals surface area contributed by atoms with E-state index in [0.29, 0.717) is 5.69 Å². The lowest BCUT2D eigenvalue weighted by Crippen LogP contribution is -2.41. The summed E-state index contributed by atoms with van der Waals surface area (Å²) in [7, 11) is 1.62. The predicted octanol–water partition coefficient (Wildman–Crippen LogP) is 4.58. The summed E-state index contributed by atoms with van der Waals surface area (Å²) in [5.74, 6) is -0.0866. The summed E-state index contributed by atoms with van der Waals surface area (Å²) >= 11 is 0. The lowest BCUT2D eigenvalue weighted by atomic mass is 10.0. The highest BCUT2D eigenvalue weighted by Crippen LogP contribution is 2.31. The number of hydrogen-bond acceptors (Lipinski definition) is 8. The topological polar surface area (TPSA) is 105 Å². The van der Waals surface area contributed by atoms with Crippen LogP contribution in [0.5, 0.6) is 5.75 Å². The van der Waals surface area contributed by atoms with Crippen molar-refractivity contribution in [1.29, 1.82) is 0 Å². The molecule has 1 heterocycles. The summed E-state index contributed by atoms with van der Waals surface area (Å²) in [6.07, 6.45) is 0.989. The maximum atomic E-state index is 14.4. The Morgan fingerprint density at radius 3 is 2.26 bits per heavy atom. The second kappa shape index (κ2) is 8.93. The molecule has 0 atom stereocenters. The maximum Gasteiger partial charge on any atom is 0.253 e. The van der Waals surface area contributed by atoms with E-state index >= 15 is 0 Å². The van der Waals surface area contributed by atoms with Crippen molar-refractivity contribution in [3.8, 4) is 16.9 Å². The van der Waals surface area contributed by atoms with Gasteiger partial charge in [-0.25, -0.2) is 9.37 Å². The lowest BCUT2D eigenvalue weighted by molar-refractivity contribution is 0.416. The van der Waals surface area contributed by atoms with Gasteiger partial charge in [0.05, 0.1) is 13.3 Å². The molecule has 0 fully saturated rings. The minimum atomic E-state index is -0.758. The number of halogens is 1. The van der Waals surface area contributed by atoms with Gasteiger partial charge in [-0.3, -0.25) is 9.59 Å². The van der Waals surface area contributed by atoms with Crippen LogP contribution in [0.3, 0.4) is 0 Å². The fourth-order valence-electron chi connectivity index (χ4n) is 3.38. The van der Waals surface area contributed by atoms with Crippen molar-refractivity contribution in [3.05, 3.63) is 81.0 Å². The van der Waals surface area contributed by atoms with E-state index in [2.05, 4.69) is 25.9 Å². The van der Waals surface area contributed by atoms with Gasteiger partial charge in [0.1, 0.15) is 17.1 Å². The van der Waals surface area contributed by atoms with E-state index in [1.54, 1.807) is 7.11 Å². The van der Waals surface area contributed by atoms with Gasteiger partial charge < -0.3 is 20.7 Å². The minimum Gasteiger partial charge on any atom is -0.496 e. The number of nitrogens with one attached hydrogen (secondary N) is 3. The first kappa shape index (κ1) is 22.9. The number of ether oxygens (including phenoxy) is 1. The van der Waals surface area contributed by atoms with E-state index in [1.165, 1.54) is 0 Å². The Morgan fingerprint density at radius 2 is 1.59 bits per heavy atom. The van der Waals surface area contributed by atoms with Crippen molar-refractivity contribution in [2.45, 2.75) is 26.3 Å². The molecule has 3 N–H and O–H groups in total. The highest BCUT2D eigenvalue weighted by molar-refractivity contribution is 5.78. The van der Waals surface area contributed by atoms with Gasteiger partial charge in [-0.2, -0.15) is 4.98 Å². The highest BCUT2D eigenvalue weighted by Gasteiger charge is 2.26. The van der Waals surface area contributed by atoms with Crippen LogP contribution in [0.25, 0.3) is 11.1 Å². The molecule has 0 bridgehead atoms. The van der Waals surface area contributed by atoms with Crippen molar-refractivity contribution < 1.29 is 9.13 Å². The standard InChI is InChI=1S/C25H24FN5O3/c1-25(2,3)31-20-19(21(32)22(20)33)29-23-17(26)13-27-24(30-23)28-15-11-9-14(10-12-15)16-7-5-6-8-18(16)34-4/h5-13,31H,1-4H3,(H2,27,28,29,30). The number of benzene rings is 2. The predicted molar refractivity (Wildman–Crippen MR) is 132 cm³/mol. The molecule has 0 aliphatic heterocycles. The fourth-order valence-corrected chi connectivity index (χ4v) is 3.38. The van der Waals surface area contributed by atoms with Crippen LogP contribution in [0.1, 0.15) is 20.8 Å². The van der Waals surface area contributed by atoms with Crippen LogP contribution < -0.4 is 31.5 Å². The van der Waals surface area contributed by atoms with E-state index in [1.807, 2.05) is 69.3 Å². The average Bonchev–Trinajstić information content (AvgIpc) is 2.82. The monoisotopic (exact) mass is 461 g/mol. The third-order valence-corrected chi connectivity index (χ3v) is 4.96. The van der Waals surface area contributed by atoms with Gasteiger partial charge in [0.15, 0.2) is 11.6 Å². The van der Waals surface area contributed by atoms with Gasteiger partial charge in [-0.1, -0.05) is 30.3 Å². The van der Waals surface area contributed by atoms with Gasteiger partial charge in [0.25, 0.3) is 10.9 Å². The van der Waals surface area contributed by atoms with Gasteiger partial charge in [0.2, 0.25) is 5.95 Å². The molecular formula is C25H24FN5O3. The lowest BCUT2D eigenvalue weighted by Gasteiger charge is -2.24. The second-order valence-corrected chi connectivity index (χ2v) is 8.70. The van der Waals surface area contributed by atoms with E-state index in [4.69, 9.17) is 4.74 Å². The first-order valence-electron chi connectivity index (χ1n) is 10.6. The van der Waals surface area contributed by atoms with Crippen LogP contribution >= 0.6 is 0 Å². The van der Waals surface area contributed by atoms with Crippen LogP contribution in [0.2, 0.25) is 0 Å². The molecule has 0 saturated heterocycles. The molecule has 4 rings (SSSR count). The van der Waals surface area contributed by atoms with Gasteiger partial charge in [-0.05, 0) is 44.5 Å². The van der Waals surface area contributed by atoms with Crippen molar-refractivity contribution in [3.63, 3.8) is 0 Å². The summed E-state index contributed by atoms with van der Waals surface area (Å²) in [4.78, 5) is 32.1. The van der Waals surface area contributed by atoms with E-state index in [-0.39, 0.29) is 23.1 Å². The molecule has 3 aromatic carbocycles. The Balaban J connectivity index is 1.54. The van der Waals surface area contributed by atoms with Crippen LogP contribution in [0.15, 0.2) is 64.3 Å². The fraction of sp³-hybridized carbons (Fsp3) is 0.200. The largest absolute Gasteiger partial charge is 0.496 e. The molecule has 0 unspecified atom stereocenters. The summed E-state index contributed by atoms with van der Waals surface area (Å²) < 4.78 is 19.8. The zero-order chi connectivity index (χ0) is 24.5. The van der Waals surface area contributed by atoms with E-state index < -0.39 is 22.2 Å². The molecule has 4 aromatic rings. The number of hydrogen-bond donors (Lipinski definition) is 3. The molecule has 0 aliphatic rings. The Labute approximate surface area is 195 Å². The number of nitrogens with zero attached hydrogens (tertiary/aromatic N) is 2. The van der Waals surface area contributed by atoms with Crippen molar-refractivity contribution in [1.82, 2.24) is 9.97 Å². The molecule has 174 valence electrons. The van der Waals surface area contributed by atoms with Crippen molar-refractivity contribution >= 4 is 28.8 Å². The molecule has 8 nitrogen and oxygen atoms in total. The molecule has 0 amide bonds. The van der Waals surface area contributed by atoms with Crippen LogP contribution in [0, 0.1) is 5.82 Å². The van der Waals surface area contributed by atoms with Gasteiger partial charge >= 0.3 is 0 Å². The summed E-state index contributed by atoms with van der Waals surface area (Å²) in [6, 6.07) is 15.2. The smallest absolute Gasteiger partial charge is 0.253 e. The first-order chi connectivity index (χ1) is 16.2. The quantitative estimate of drug-likeness (QED) is 0.344. The molecule has 9 heteroatoms. The third kappa shape index (κ3) is 4.73. The van der Waals surface area contributed by atoms with E-state index in [0.717, 1.165) is 23.1 Å². The summed E-state index contributed by atoms with van der Waals surface area (Å²) in [5, 5.41) is 8.61. The number of aromatic nitrogens is 2. The molecule has 0 radical (unpaired) electrons. The molecule has 1 aromatic heterocycles. The number of rotatable bonds is 7. The van der Waals surface area contributed by atoms with E-state index in [9.17, 15) is 14.0 Å². The number of methoxy groups -OCH3 is 1. The SMILES string of the molecule is COc1ccccc1-c1ccc(Nc2ncc(F)c(Nc3c(NC(C)(C)C)c(=O)c3=O)n2)cc1. The average molecular weight is 461 g/mol. The first-order valence-corrected chi connectivity index (χ1v) is 10.6. The van der Waals surface area contributed by atoms with Crippen molar-refractivity contribution in [2.24, 2.45) is 0 Å².